The van der Waals surface area contributed by atoms with Crippen LogP contribution < -0.4 is 0 Å². The van der Waals surface area contributed by atoms with Gasteiger partial charge in [-0.1, -0.05) is 41.5 Å². The van der Waals surface area contributed by atoms with Crippen LogP contribution in [0.2, 0.25) is 0 Å². The van der Waals surface area contributed by atoms with Crippen LogP contribution in [0.1, 0.15) is 49.9 Å². The number of hydrogen-bond donors (Lipinski definition) is 3. The minimum Gasteiger partial charge on any atom is -0.508 e. The number of phenols is 3. The molecule has 0 saturated carbocycles. The van der Waals surface area contributed by atoms with E-state index in [-0.39, 0.29) is 47.0 Å². The summed E-state index contributed by atoms with van der Waals surface area (Å²) in [6.07, 6.45) is 4.36. The van der Waals surface area contributed by atoms with Gasteiger partial charge in [0, 0.05) is 12.0 Å². The number of methoxy groups -OCH3 is 2. The number of benzene rings is 2. The van der Waals surface area contributed by atoms with Gasteiger partial charge in [0.15, 0.2) is 11.5 Å². The van der Waals surface area contributed by atoms with Crippen molar-refractivity contribution in [2.75, 3.05) is 14.2 Å². The highest BCUT2D eigenvalue weighted by atomic mass is 16.6. The van der Waals surface area contributed by atoms with Crippen molar-refractivity contribution in [3.05, 3.63) is 81.6 Å². The van der Waals surface area contributed by atoms with E-state index in [0.717, 1.165) is 11.1 Å². The molecule has 38 heavy (non-hydrogen) atoms. The second-order valence-electron chi connectivity index (χ2n) is 9.69. The van der Waals surface area contributed by atoms with Crippen LogP contribution in [0.5, 0.6) is 17.2 Å². The van der Waals surface area contributed by atoms with Crippen molar-refractivity contribution in [2.45, 2.75) is 52.6 Å². The Hall–Kier alpha value is -4.20. The molecule has 3 rings (SSSR count). The van der Waals surface area contributed by atoms with E-state index in [1.54, 1.807) is 12.1 Å². The molecule has 0 bridgehead atoms. The zero-order valence-electron chi connectivity index (χ0n) is 22.5. The number of aromatic hydroxyl groups is 3. The largest absolute Gasteiger partial charge is 0.508 e. The Morgan fingerprint density at radius 1 is 0.947 bits per heavy atom. The van der Waals surface area contributed by atoms with Gasteiger partial charge in [0.2, 0.25) is 11.4 Å². The second kappa shape index (κ2) is 11.5. The zero-order valence-corrected chi connectivity index (χ0v) is 22.5. The molecule has 2 aromatic carbocycles. The van der Waals surface area contributed by atoms with Gasteiger partial charge in [0.25, 0.3) is 0 Å². The summed E-state index contributed by atoms with van der Waals surface area (Å²) in [6, 6.07) is 7.70. The third kappa shape index (κ3) is 5.54. The van der Waals surface area contributed by atoms with E-state index in [1.165, 1.54) is 32.4 Å². The molecule has 0 saturated heterocycles. The Balaban J connectivity index is 2.28. The first-order valence-electron chi connectivity index (χ1n) is 12.2. The van der Waals surface area contributed by atoms with Crippen molar-refractivity contribution in [2.24, 2.45) is 0 Å². The van der Waals surface area contributed by atoms with Crippen LogP contribution in [-0.2, 0) is 43.1 Å². The molecule has 0 fully saturated rings. The molecule has 8 heteroatoms. The summed E-state index contributed by atoms with van der Waals surface area (Å²) in [5, 5.41) is 31.4. The van der Waals surface area contributed by atoms with Crippen molar-refractivity contribution in [1.29, 1.82) is 0 Å². The van der Waals surface area contributed by atoms with E-state index in [2.05, 4.69) is 0 Å². The molecule has 0 amide bonds. The maximum Gasteiger partial charge on any atom is 0.375 e. The molecular weight excluding hydrogens is 488 g/mol. The quantitative estimate of drug-likeness (QED) is 0.242. The summed E-state index contributed by atoms with van der Waals surface area (Å²) in [5.74, 6) is -2.54. The molecule has 0 aromatic heterocycles. The monoisotopic (exact) mass is 522 g/mol. The Bertz CT molecular complexity index is 1340. The summed E-state index contributed by atoms with van der Waals surface area (Å²) >= 11 is 0. The fourth-order valence-corrected chi connectivity index (χ4v) is 4.46. The molecule has 0 radical (unpaired) electrons. The van der Waals surface area contributed by atoms with Gasteiger partial charge < -0.3 is 29.5 Å². The second-order valence-corrected chi connectivity index (χ2v) is 9.69. The van der Waals surface area contributed by atoms with Crippen LogP contribution >= 0.6 is 0 Å². The SMILES string of the molecule is COC(=O)C1(Cc2ccc(O)c(CC=C(C)C)c2)OC(=O)C(OC)=C1c1ccc(O)c(O)c1CC=C(C)C. The molecule has 2 aromatic rings. The molecule has 3 N–H and O–H groups in total. The first-order chi connectivity index (χ1) is 17.9. The number of hydrogen-bond acceptors (Lipinski definition) is 8. The van der Waals surface area contributed by atoms with Crippen molar-refractivity contribution in [3.8, 4) is 17.2 Å². The minimum absolute atomic E-state index is 0.0863. The van der Waals surface area contributed by atoms with Crippen LogP contribution in [0.25, 0.3) is 5.57 Å². The highest BCUT2D eigenvalue weighted by molar-refractivity contribution is 6.12. The molecule has 1 aliphatic rings. The highest BCUT2D eigenvalue weighted by Crippen LogP contribution is 2.47. The Labute approximate surface area is 222 Å². The lowest BCUT2D eigenvalue weighted by molar-refractivity contribution is -0.169. The van der Waals surface area contributed by atoms with Gasteiger partial charge in [0.05, 0.1) is 19.8 Å². The van der Waals surface area contributed by atoms with Gasteiger partial charge in [-0.25, -0.2) is 9.59 Å². The molecule has 1 unspecified atom stereocenters. The van der Waals surface area contributed by atoms with Gasteiger partial charge in [-0.05, 0) is 69.4 Å². The molecule has 0 spiro atoms. The Kier molecular flexibility index (Phi) is 8.56. The third-order valence-electron chi connectivity index (χ3n) is 6.37. The lowest BCUT2D eigenvalue weighted by atomic mass is 9.80. The summed E-state index contributed by atoms with van der Waals surface area (Å²) in [6.45, 7) is 7.68. The van der Waals surface area contributed by atoms with Crippen molar-refractivity contribution < 1.29 is 39.1 Å². The zero-order chi connectivity index (χ0) is 28.2. The van der Waals surface area contributed by atoms with Crippen LogP contribution in [-0.4, -0.2) is 47.1 Å². The topological polar surface area (TPSA) is 123 Å². The molecule has 0 aliphatic carbocycles. The smallest absolute Gasteiger partial charge is 0.375 e. The maximum absolute atomic E-state index is 13.5. The molecule has 202 valence electrons. The molecular formula is C30H34O8. The van der Waals surface area contributed by atoms with E-state index < -0.39 is 17.5 Å². The van der Waals surface area contributed by atoms with E-state index in [0.29, 0.717) is 23.1 Å². The van der Waals surface area contributed by atoms with Crippen LogP contribution in [0.15, 0.2) is 59.4 Å². The predicted octanol–water partition coefficient (Wildman–Crippen LogP) is 4.89. The van der Waals surface area contributed by atoms with E-state index in [1.807, 2.05) is 39.8 Å². The van der Waals surface area contributed by atoms with Crippen molar-refractivity contribution in [3.63, 3.8) is 0 Å². The molecule has 8 nitrogen and oxygen atoms in total. The Morgan fingerprint density at radius 3 is 2.18 bits per heavy atom. The fourth-order valence-electron chi connectivity index (χ4n) is 4.46. The highest BCUT2D eigenvalue weighted by Gasteiger charge is 2.56. The lowest BCUT2D eigenvalue weighted by Gasteiger charge is -2.29. The number of carbonyl (C=O) groups excluding carboxylic acids is 2. The van der Waals surface area contributed by atoms with E-state index in [4.69, 9.17) is 14.2 Å². The lowest BCUT2D eigenvalue weighted by Crippen LogP contribution is -2.44. The molecule has 1 heterocycles. The normalized spacial score (nSPS) is 16.6. The first kappa shape index (κ1) is 28.4. The number of esters is 2. The van der Waals surface area contributed by atoms with Gasteiger partial charge >= 0.3 is 11.9 Å². The number of rotatable bonds is 9. The van der Waals surface area contributed by atoms with Gasteiger partial charge in [-0.2, -0.15) is 0 Å². The minimum atomic E-state index is -1.95. The summed E-state index contributed by atoms with van der Waals surface area (Å²) in [5.41, 5.74) is 2.00. The van der Waals surface area contributed by atoms with E-state index in [9.17, 15) is 24.9 Å². The fraction of sp³-hybridized carbons (Fsp3) is 0.333. The van der Waals surface area contributed by atoms with Crippen molar-refractivity contribution >= 4 is 17.5 Å². The maximum atomic E-state index is 13.5. The average Bonchev–Trinajstić information content (AvgIpc) is 3.15. The average molecular weight is 523 g/mol. The van der Waals surface area contributed by atoms with Gasteiger partial charge in [-0.15, -0.1) is 0 Å². The number of carbonyl (C=O) groups is 2. The standard InChI is InChI=1S/C30H34O8/c1-17(2)7-10-20-15-19(9-13-23(20)31)16-30(29(35)37-6)25(27(36-5)28(34)38-30)21-12-14-24(32)26(33)22(21)11-8-18(3)4/h7-9,12-15,31-33H,10-11,16H2,1-6H3. The first-order valence-corrected chi connectivity index (χ1v) is 12.2. The molecule has 1 aliphatic heterocycles. The van der Waals surface area contributed by atoms with Crippen LogP contribution in [0.4, 0.5) is 0 Å². The summed E-state index contributed by atoms with van der Waals surface area (Å²) < 4.78 is 16.3. The Morgan fingerprint density at radius 2 is 1.58 bits per heavy atom. The summed E-state index contributed by atoms with van der Waals surface area (Å²) in [4.78, 5) is 26.5. The number of cyclic esters (lactones) is 1. The number of phenolic OH excluding ortho intramolecular Hbond substituents is 3. The number of allylic oxidation sites excluding steroid dienone is 4. The van der Waals surface area contributed by atoms with Crippen LogP contribution in [0.3, 0.4) is 0 Å². The number of ether oxygens (including phenoxy) is 3. The summed E-state index contributed by atoms with van der Waals surface area (Å²) in [7, 11) is 2.48. The van der Waals surface area contributed by atoms with Crippen molar-refractivity contribution in [1.82, 2.24) is 0 Å². The van der Waals surface area contributed by atoms with E-state index >= 15 is 0 Å². The van der Waals surface area contributed by atoms with Gasteiger partial charge in [-0.3, -0.25) is 0 Å². The molecule has 1 atom stereocenters. The van der Waals surface area contributed by atoms with Gasteiger partial charge in [0.1, 0.15) is 5.75 Å². The predicted molar refractivity (Wildman–Crippen MR) is 143 cm³/mol. The van der Waals surface area contributed by atoms with Crippen LogP contribution in [0, 0.1) is 0 Å². The third-order valence-corrected chi connectivity index (χ3v) is 6.37.